The molecule has 0 bridgehead atoms. The van der Waals surface area contributed by atoms with Gasteiger partial charge in [0.05, 0.1) is 0 Å². The summed E-state index contributed by atoms with van der Waals surface area (Å²) in [6.07, 6.45) is 1.24. The molecule has 3 atom stereocenters. The van der Waals surface area contributed by atoms with Gasteiger partial charge >= 0.3 is 0 Å². The van der Waals surface area contributed by atoms with Crippen molar-refractivity contribution >= 4 is 0 Å². The molecular formula is C14H32N2. The monoisotopic (exact) mass is 228 g/mol. The molecule has 0 aliphatic rings. The molecule has 0 heterocycles. The molecule has 0 aliphatic carbocycles. The Kier molecular flexibility index (Phi) is 8.04. The highest BCUT2D eigenvalue weighted by Gasteiger charge is 2.22. The van der Waals surface area contributed by atoms with Gasteiger partial charge in [0.25, 0.3) is 0 Å². The minimum Gasteiger partial charge on any atom is -0.314 e. The Balaban J connectivity index is 4.21. The van der Waals surface area contributed by atoms with E-state index in [0.29, 0.717) is 24.0 Å². The lowest BCUT2D eigenvalue weighted by molar-refractivity contribution is 0.118. The summed E-state index contributed by atoms with van der Waals surface area (Å²) in [5.41, 5.74) is 0. The zero-order valence-corrected chi connectivity index (χ0v) is 12.4. The Morgan fingerprint density at radius 2 is 1.56 bits per heavy atom. The van der Waals surface area contributed by atoms with E-state index in [1.807, 2.05) is 0 Å². The van der Waals surface area contributed by atoms with E-state index >= 15 is 0 Å². The first-order valence-corrected chi connectivity index (χ1v) is 6.93. The van der Waals surface area contributed by atoms with Crippen LogP contribution in [0.5, 0.6) is 0 Å². The highest BCUT2D eigenvalue weighted by molar-refractivity contribution is 4.77. The third kappa shape index (κ3) is 5.31. The van der Waals surface area contributed by atoms with Crippen molar-refractivity contribution in [2.24, 2.45) is 5.92 Å². The quantitative estimate of drug-likeness (QED) is 0.686. The average molecular weight is 228 g/mol. The van der Waals surface area contributed by atoms with Crippen LogP contribution in [0, 0.1) is 5.92 Å². The summed E-state index contributed by atoms with van der Waals surface area (Å²) in [5.74, 6) is 0.705. The number of hydrogen-bond donors (Lipinski definition) is 1. The maximum Gasteiger partial charge on any atom is 0.0107 e. The van der Waals surface area contributed by atoms with Gasteiger partial charge in [0.2, 0.25) is 0 Å². The predicted octanol–water partition coefficient (Wildman–Crippen LogP) is 3.13. The molecule has 3 unspecified atom stereocenters. The smallest absolute Gasteiger partial charge is 0.0107 e. The molecule has 0 radical (unpaired) electrons. The van der Waals surface area contributed by atoms with Gasteiger partial charge in [0, 0.05) is 18.1 Å². The van der Waals surface area contributed by atoms with Gasteiger partial charge in [-0.2, -0.15) is 0 Å². The first-order valence-electron chi connectivity index (χ1n) is 6.93. The van der Waals surface area contributed by atoms with Crippen molar-refractivity contribution in [3.8, 4) is 0 Å². The largest absolute Gasteiger partial charge is 0.314 e. The fourth-order valence-corrected chi connectivity index (χ4v) is 2.15. The maximum absolute atomic E-state index is 3.54. The molecule has 0 aromatic carbocycles. The van der Waals surface area contributed by atoms with Crippen molar-refractivity contribution < 1.29 is 0 Å². The molecule has 0 saturated carbocycles. The van der Waals surface area contributed by atoms with Crippen molar-refractivity contribution in [1.82, 2.24) is 10.2 Å². The van der Waals surface area contributed by atoms with E-state index in [1.54, 1.807) is 0 Å². The Bertz CT molecular complexity index is 168. The summed E-state index contributed by atoms with van der Waals surface area (Å²) < 4.78 is 0. The predicted molar refractivity (Wildman–Crippen MR) is 73.9 cm³/mol. The van der Waals surface area contributed by atoms with Crippen molar-refractivity contribution in [3.63, 3.8) is 0 Å². The SMILES string of the molecule is CCC(C)N(CC)C(C)C(C)CNC(C)C. The molecule has 0 rings (SSSR count). The molecule has 0 aliphatic heterocycles. The number of rotatable bonds is 8. The van der Waals surface area contributed by atoms with Crippen LogP contribution in [0.1, 0.15) is 54.9 Å². The minimum absolute atomic E-state index is 0.591. The van der Waals surface area contributed by atoms with Crippen molar-refractivity contribution in [3.05, 3.63) is 0 Å². The molecule has 1 N–H and O–H groups in total. The van der Waals surface area contributed by atoms with Gasteiger partial charge in [-0.25, -0.2) is 0 Å². The molecular weight excluding hydrogens is 196 g/mol. The molecule has 0 fully saturated rings. The van der Waals surface area contributed by atoms with Gasteiger partial charge < -0.3 is 5.32 Å². The summed E-state index contributed by atoms with van der Waals surface area (Å²) in [5, 5.41) is 3.54. The highest BCUT2D eigenvalue weighted by Crippen LogP contribution is 2.15. The standard InChI is InChI=1S/C14H32N2/c1-8-13(6)16(9-2)14(7)12(5)10-15-11(3)4/h11-15H,8-10H2,1-7H3. The van der Waals surface area contributed by atoms with E-state index in [9.17, 15) is 0 Å². The maximum atomic E-state index is 3.54. The van der Waals surface area contributed by atoms with Crippen LogP contribution in [-0.2, 0) is 0 Å². The highest BCUT2D eigenvalue weighted by atomic mass is 15.2. The van der Waals surface area contributed by atoms with Gasteiger partial charge in [-0.15, -0.1) is 0 Å². The molecule has 0 amide bonds. The summed E-state index contributed by atoms with van der Waals surface area (Å²) >= 11 is 0. The molecule has 0 saturated heterocycles. The van der Waals surface area contributed by atoms with E-state index in [0.717, 1.165) is 13.1 Å². The van der Waals surface area contributed by atoms with Gasteiger partial charge in [0.1, 0.15) is 0 Å². The second-order valence-corrected chi connectivity index (χ2v) is 5.37. The molecule has 16 heavy (non-hydrogen) atoms. The summed E-state index contributed by atoms with van der Waals surface area (Å²) in [6, 6.07) is 1.95. The third-order valence-electron chi connectivity index (χ3n) is 3.72. The van der Waals surface area contributed by atoms with E-state index in [4.69, 9.17) is 0 Å². The Labute approximate surface area is 103 Å². The van der Waals surface area contributed by atoms with Gasteiger partial charge in [0.15, 0.2) is 0 Å². The summed E-state index contributed by atoms with van der Waals surface area (Å²) in [7, 11) is 0. The Morgan fingerprint density at radius 1 is 1.00 bits per heavy atom. The zero-order chi connectivity index (χ0) is 12.7. The lowest BCUT2D eigenvalue weighted by Crippen LogP contribution is -2.46. The molecule has 2 heteroatoms. The lowest BCUT2D eigenvalue weighted by atomic mass is 9.99. The van der Waals surface area contributed by atoms with Crippen LogP contribution in [0.15, 0.2) is 0 Å². The normalized spacial score (nSPS) is 17.8. The molecule has 98 valence electrons. The van der Waals surface area contributed by atoms with E-state index in [2.05, 4.69) is 58.7 Å². The van der Waals surface area contributed by atoms with Crippen LogP contribution < -0.4 is 5.32 Å². The topological polar surface area (TPSA) is 15.3 Å². The molecule has 0 aromatic rings. The van der Waals surface area contributed by atoms with E-state index < -0.39 is 0 Å². The second-order valence-electron chi connectivity index (χ2n) is 5.37. The van der Waals surface area contributed by atoms with Crippen LogP contribution in [0.25, 0.3) is 0 Å². The third-order valence-corrected chi connectivity index (χ3v) is 3.72. The number of nitrogens with zero attached hydrogens (tertiary/aromatic N) is 1. The lowest BCUT2D eigenvalue weighted by Gasteiger charge is -2.37. The Hall–Kier alpha value is -0.0800. The molecule has 2 nitrogen and oxygen atoms in total. The fourth-order valence-electron chi connectivity index (χ4n) is 2.15. The van der Waals surface area contributed by atoms with Crippen LogP contribution in [-0.4, -0.2) is 36.1 Å². The van der Waals surface area contributed by atoms with Crippen LogP contribution in [0.2, 0.25) is 0 Å². The second kappa shape index (κ2) is 8.08. The van der Waals surface area contributed by atoms with E-state index in [-0.39, 0.29) is 0 Å². The molecule has 0 spiro atoms. The van der Waals surface area contributed by atoms with Gasteiger partial charge in [-0.3, -0.25) is 4.90 Å². The first kappa shape index (κ1) is 15.9. The van der Waals surface area contributed by atoms with Gasteiger partial charge in [-0.05, 0) is 39.3 Å². The molecule has 0 aromatic heterocycles. The van der Waals surface area contributed by atoms with Gasteiger partial charge in [-0.1, -0.05) is 34.6 Å². The van der Waals surface area contributed by atoms with Crippen LogP contribution in [0.3, 0.4) is 0 Å². The van der Waals surface area contributed by atoms with Crippen LogP contribution in [0.4, 0.5) is 0 Å². The number of nitrogens with one attached hydrogen (secondary N) is 1. The minimum atomic E-state index is 0.591. The number of hydrogen-bond acceptors (Lipinski definition) is 2. The zero-order valence-electron chi connectivity index (χ0n) is 12.4. The van der Waals surface area contributed by atoms with Crippen molar-refractivity contribution in [1.29, 1.82) is 0 Å². The Morgan fingerprint density at radius 3 is 1.94 bits per heavy atom. The van der Waals surface area contributed by atoms with Crippen molar-refractivity contribution in [2.75, 3.05) is 13.1 Å². The fraction of sp³-hybridized carbons (Fsp3) is 1.00. The average Bonchev–Trinajstić information content (AvgIpc) is 2.26. The van der Waals surface area contributed by atoms with Crippen molar-refractivity contribution in [2.45, 2.75) is 73.0 Å². The van der Waals surface area contributed by atoms with Crippen LogP contribution >= 0.6 is 0 Å². The summed E-state index contributed by atoms with van der Waals surface area (Å²) in [6.45, 7) is 18.3. The first-order chi connectivity index (χ1) is 7.43. The summed E-state index contributed by atoms with van der Waals surface area (Å²) in [4.78, 5) is 2.62. The van der Waals surface area contributed by atoms with E-state index in [1.165, 1.54) is 6.42 Å².